The standard InChI is InChI=1S/C13H27NO/c1-11(7-9-15)10-14-12-6-4-5-8-13(12,2)3/h11-12,14-15H,4-10H2,1-3H3. The quantitative estimate of drug-likeness (QED) is 0.735. The van der Waals surface area contributed by atoms with Gasteiger partial charge in [0.05, 0.1) is 0 Å². The number of aliphatic hydroxyl groups is 1. The van der Waals surface area contributed by atoms with Gasteiger partial charge in [-0.1, -0.05) is 33.6 Å². The van der Waals surface area contributed by atoms with E-state index in [0.717, 1.165) is 13.0 Å². The molecule has 2 nitrogen and oxygen atoms in total. The lowest BCUT2D eigenvalue weighted by Gasteiger charge is -2.39. The van der Waals surface area contributed by atoms with Crippen LogP contribution in [0.3, 0.4) is 0 Å². The van der Waals surface area contributed by atoms with Gasteiger partial charge in [0.15, 0.2) is 0 Å². The Morgan fingerprint density at radius 2 is 2.13 bits per heavy atom. The van der Waals surface area contributed by atoms with E-state index in [1.807, 2.05) is 0 Å². The number of hydrogen-bond acceptors (Lipinski definition) is 2. The van der Waals surface area contributed by atoms with Crippen LogP contribution in [0, 0.1) is 11.3 Å². The number of hydrogen-bond donors (Lipinski definition) is 2. The van der Waals surface area contributed by atoms with Crippen LogP contribution < -0.4 is 5.32 Å². The normalized spacial score (nSPS) is 27.6. The molecular weight excluding hydrogens is 186 g/mol. The van der Waals surface area contributed by atoms with E-state index < -0.39 is 0 Å². The molecule has 0 radical (unpaired) electrons. The predicted octanol–water partition coefficient (Wildman–Crippen LogP) is 2.56. The molecule has 1 saturated carbocycles. The van der Waals surface area contributed by atoms with E-state index in [2.05, 4.69) is 26.1 Å². The first-order chi connectivity index (χ1) is 7.06. The van der Waals surface area contributed by atoms with Crippen molar-refractivity contribution in [2.45, 2.75) is 58.9 Å². The van der Waals surface area contributed by atoms with Gasteiger partial charge in [0.2, 0.25) is 0 Å². The van der Waals surface area contributed by atoms with Crippen molar-refractivity contribution in [3.05, 3.63) is 0 Å². The van der Waals surface area contributed by atoms with E-state index in [1.54, 1.807) is 0 Å². The van der Waals surface area contributed by atoms with Gasteiger partial charge in [-0.15, -0.1) is 0 Å². The Morgan fingerprint density at radius 1 is 1.40 bits per heavy atom. The molecule has 1 rings (SSSR count). The molecule has 2 unspecified atom stereocenters. The second-order valence-electron chi connectivity index (χ2n) is 5.81. The first kappa shape index (κ1) is 13.0. The van der Waals surface area contributed by atoms with Crippen LogP contribution in [0.25, 0.3) is 0 Å². The van der Waals surface area contributed by atoms with E-state index >= 15 is 0 Å². The van der Waals surface area contributed by atoms with Crippen molar-refractivity contribution in [1.29, 1.82) is 0 Å². The van der Waals surface area contributed by atoms with Crippen LogP contribution in [0.5, 0.6) is 0 Å². The van der Waals surface area contributed by atoms with Crippen LogP contribution in [0.1, 0.15) is 52.9 Å². The lowest BCUT2D eigenvalue weighted by atomic mass is 9.73. The van der Waals surface area contributed by atoms with Crippen LogP contribution in [0.2, 0.25) is 0 Å². The lowest BCUT2D eigenvalue weighted by Crippen LogP contribution is -2.45. The zero-order valence-corrected chi connectivity index (χ0v) is 10.6. The minimum absolute atomic E-state index is 0.316. The Kier molecular flexibility index (Phi) is 5.07. The number of rotatable bonds is 5. The molecule has 0 saturated heterocycles. The molecule has 0 amide bonds. The van der Waals surface area contributed by atoms with Gasteiger partial charge < -0.3 is 10.4 Å². The Morgan fingerprint density at radius 3 is 2.73 bits per heavy atom. The largest absolute Gasteiger partial charge is 0.396 e. The summed E-state index contributed by atoms with van der Waals surface area (Å²) in [4.78, 5) is 0. The molecule has 1 aliphatic carbocycles. The first-order valence-electron chi connectivity index (χ1n) is 6.40. The molecule has 0 bridgehead atoms. The molecule has 1 aliphatic rings. The van der Waals surface area contributed by atoms with Crippen LogP contribution in [0.15, 0.2) is 0 Å². The smallest absolute Gasteiger partial charge is 0.0434 e. The predicted molar refractivity (Wildman–Crippen MR) is 64.9 cm³/mol. The number of nitrogens with one attached hydrogen (secondary N) is 1. The van der Waals surface area contributed by atoms with Gasteiger partial charge in [-0.25, -0.2) is 0 Å². The van der Waals surface area contributed by atoms with Crippen molar-refractivity contribution >= 4 is 0 Å². The monoisotopic (exact) mass is 213 g/mol. The molecule has 0 spiro atoms. The third-order valence-corrected chi connectivity index (χ3v) is 3.84. The van der Waals surface area contributed by atoms with E-state index in [1.165, 1.54) is 25.7 Å². The van der Waals surface area contributed by atoms with Crippen molar-refractivity contribution < 1.29 is 5.11 Å². The maximum atomic E-state index is 8.85. The van der Waals surface area contributed by atoms with E-state index in [9.17, 15) is 0 Å². The molecular formula is C13H27NO. The summed E-state index contributed by atoms with van der Waals surface area (Å²) in [7, 11) is 0. The second kappa shape index (κ2) is 5.86. The molecule has 2 atom stereocenters. The summed E-state index contributed by atoms with van der Waals surface area (Å²) < 4.78 is 0. The molecule has 0 aromatic carbocycles. The van der Waals surface area contributed by atoms with Gasteiger partial charge in [0.1, 0.15) is 0 Å². The van der Waals surface area contributed by atoms with E-state index in [-0.39, 0.29) is 0 Å². The van der Waals surface area contributed by atoms with Gasteiger partial charge in [0.25, 0.3) is 0 Å². The Balaban J connectivity index is 2.30. The third-order valence-electron chi connectivity index (χ3n) is 3.84. The molecule has 0 heterocycles. The average Bonchev–Trinajstić information content (AvgIpc) is 2.16. The van der Waals surface area contributed by atoms with Crippen molar-refractivity contribution in [2.75, 3.05) is 13.2 Å². The summed E-state index contributed by atoms with van der Waals surface area (Å²) in [5.41, 5.74) is 0.456. The molecule has 0 aromatic heterocycles. The fourth-order valence-electron chi connectivity index (χ4n) is 2.54. The average molecular weight is 213 g/mol. The topological polar surface area (TPSA) is 32.3 Å². The first-order valence-corrected chi connectivity index (χ1v) is 6.40. The van der Waals surface area contributed by atoms with Crippen LogP contribution in [-0.2, 0) is 0 Å². The van der Waals surface area contributed by atoms with Crippen LogP contribution >= 0.6 is 0 Å². The SMILES string of the molecule is CC(CCO)CNC1CCCCC1(C)C. The third kappa shape index (κ3) is 4.12. The molecule has 15 heavy (non-hydrogen) atoms. The Labute approximate surface area is 94.5 Å². The maximum Gasteiger partial charge on any atom is 0.0434 e. The van der Waals surface area contributed by atoms with E-state index in [0.29, 0.717) is 24.0 Å². The van der Waals surface area contributed by atoms with Crippen molar-refractivity contribution in [3.63, 3.8) is 0 Å². The van der Waals surface area contributed by atoms with Crippen LogP contribution in [0.4, 0.5) is 0 Å². The molecule has 1 fully saturated rings. The van der Waals surface area contributed by atoms with Gasteiger partial charge >= 0.3 is 0 Å². The van der Waals surface area contributed by atoms with Crippen molar-refractivity contribution in [2.24, 2.45) is 11.3 Å². The van der Waals surface area contributed by atoms with Gasteiger partial charge in [-0.05, 0) is 37.1 Å². The summed E-state index contributed by atoms with van der Waals surface area (Å²) in [5.74, 6) is 0.590. The summed E-state index contributed by atoms with van der Waals surface area (Å²) in [5, 5.41) is 12.5. The molecule has 0 aliphatic heterocycles. The van der Waals surface area contributed by atoms with Crippen LogP contribution in [-0.4, -0.2) is 24.3 Å². The fourth-order valence-corrected chi connectivity index (χ4v) is 2.54. The lowest BCUT2D eigenvalue weighted by molar-refractivity contribution is 0.160. The highest BCUT2D eigenvalue weighted by Gasteiger charge is 2.31. The van der Waals surface area contributed by atoms with Crippen molar-refractivity contribution in [1.82, 2.24) is 5.32 Å². The molecule has 0 aromatic rings. The summed E-state index contributed by atoms with van der Waals surface area (Å²) in [6.07, 6.45) is 6.34. The maximum absolute atomic E-state index is 8.85. The highest BCUT2D eigenvalue weighted by atomic mass is 16.3. The van der Waals surface area contributed by atoms with Gasteiger partial charge in [-0.2, -0.15) is 0 Å². The minimum atomic E-state index is 0.316. The number of aliphatic hydroxyl groups excluding tert-OH is 1. The Bertz CT molecular complexity index is 179. The summed E-state index contributed by atoms with van der Waals surface area (Å²) in [6, 6.07) is 0.674. The van der Waals surface area contributed by atoms with E-state index in [4.69, 9.17) is 5.11 Å². The van der Waals surface area contributed by atoms with Crippen molar-refractivity contribution in [3.8, 4) is 0 Å². The highest BCUT2D eigenvalue weighted by molar-refractivity contribution is 4.87. The summed E-state index contributed by atoms with van der Waals surface area (Å²) in [6.45, 7) is 8.33. The van der Waals surface area contributed by atoms with Gasteiger partial charge in [0, 0.05) is 12.6 Å². The second-order valence-corrected chi connectivity index (χ2v) is 5.81. The molecule has 90 valence electrons. The highest BCUT2D eigenvalue weighted by Crippen LogP contribution is 2.35. The van der Waals surface area contributed by atoms with Gasteiger partial charge in [-0.3, -0.25) is 0 Å². The Hall–Kier alpha value is -0.0800. The molecule has 2 N–H and O–H groups in total. The zero-order valence-electron chi connectivity index (χ0n) is 10.6. The minimum Gasteiger partial charge on any atom is -0.396 e. The molecule has 2 heteroatoms. The fraction of sp³-hybridized carbons (Fsp3) is 1.00. The zero-order chi connectivity index (χ0) is 11.3. The summed E-state index contributed by atoms with van der Waals surface area (Å²) >= 11 is 0.